The van der Waals surface area contributed by atoms with Gasteiger partial charge in [-0.15, -0.1) is 0 Å². The third kappa shape index (κ3) is 2.87. The number of nitrogens with zero attached hydrogens (tertiary/aromatic N) is 1. The van der Waals surface area contributed by atoms with E-state index >= 15 is 0 Å². The van der Waals surface area contributed by atoms with Crippen LogP contribution in [0.5, 0.6) is 0 Å². The second kappa shape index (κ2) is 7.89. The minimum atomic E-state index is 0.0473. The summed E-state index contributed by atoms with van der Waals surface area (Å²) in [6.07, 6.45) is 1.80. The summed E-state index contributed by atoms with van der Waals surface area (Å²) in [5, 5.41) is 12.9. The van der Waals surface area contributed by atoms with Crippen molar-refractivity contribution in [1.29, 1.82) is 0 Å². The Morgan fingerprint density at radius 2 is 1.97 bits per heavy atom. The van der Waals surface area contributed by atoms with E-state index in [0.29, 0.717) is 37.0 Å². The Hall–Kier alpha value is -2.37. The zero-order valence-corrected chi connectivity index (χ0v) is 18.7. The van der Waals surface area contributed by atoms with Gasteiger partial charge in [-0.2, -0.15) is 0 Å². The average Bonchev–Trinajstić information content (AvgIpc) is 3.47. The molecule has 5 heteroatoms. The maximum absolute atomic E-state index is 13.1. The van der Waals surface area contributed by atoms with Gasteiger partial charge in [0, 0.05) is 49.9 Å². The first-order valence-electron chi connectivity index (χ1n) is 12.2. The molecule has 2 heterocycles. The third-order valence-electron chi connectivity index (χ3n) is 8.41. The van der Waals surface area contributed by atoms with Gasteiger partial charge in [-0.05, 0) is 59.9 Å². The van der Waals surface area contributed by atoms with Crippen molar-refractivity contribution in [2.45, 2.75) is 44.2 Å². The molecule has 1 saturated heterocycles. The number of aliphatic hydroxyl groups is 1. The molecule has 2 aliphatic heterocycles. The molecule has 2 N–H and O–H groups in total. The van der Waals surface area contributed by atoms with E-state index in [-0.39, 0.29) is 24.3 Å². The van der Waals surface area contributed by atoms with Crippen molar-refractivity contribution in [2.24, 2.45) is 17.8 Å². The number of hydrogen-bond donors (Lipinski definition) is 2. The molecule has 0 radical (unpaired) electrons. The molecule has 2 aliphatic carbocycles. The lowest BCUT2D eigenvalue weighted by Gasteiger charge is -2.47. The summed E-state index contributed by atoms with van der Waals surface area (Å²) >= 11 is 0. The average molecular weight is 433 g/mol. The van der Waals surface area contributed by atoms with E-state index < -0.39 is 0 Å². The third-order valence-corrected chi connectivity index (χ3v) is 8.41. The van der Waals surface area contributed by atoms with Crippen LogP contribution in [-0.2, 0) is 22.6 Å². The van der Waals surface area contributed by atoms with Gasteiger partial charge in [0.15, 0.2) is 0 Å². The minimum absolute atomic E-state index is 0.0473. The van der Waals surface area contributed by atoms with Crippen molar-refractivity contribution in [3.63, 3.8) is 0 Å². The van der Waals surface area contributed by atoms with Crippen LogP contribution in [0.3, 0.4) is 0 Å². The lowest BCUT2D eigenvalue weighted by Crippen LogP contribution is -2.51. The number of hydrogen-bond acceptors (Lipinski definition) is 4. The Kier molecular flexibility index (Phi) is 4.99. The van der Waals surface area contributed by atoms with Crippen molar-refractivity contribution < 1.29 is 14.6 Å². The number of nitrogens with one attached hydrogen (secondary N) is 1. The highest BCUT2D eigenvalue weighted by Gasteiger charge is 2.61. The molecule has 32 heavy (non-hydrogen) atoms. The number of aliphatic hydroxyl groups excluding tert-OH is 1. The van der Waals surface area contributed by atoms with E-state index in [0.717, 1.165) is 25.9 Å². The smallest absolute Gasteiger partial charge is 0.224 e. The summed E-state index contributed by atoms with van der Waals surface area (Å²) < 4.78 is 5.71. The lowest BCUT2D eigenvalue weighted by molar-refractivity contribution is -0.125. The van der Waals surface area contributed by atoms with Gasteiger partial charge in [0.1, 0.15) is 0 Å². The van der Waals surface area contributed by atoms with Gasteiger partial charge in [-0.25, -0.2) is 0 Å². The molecule has 0 bridgehead atoms. The molecule has 0 aromatic heterocycles. The molecule has 4 aliphatic rings. The molecule has 1 saturated carbocycles. The second-order valence-electron chi connectivity index (χ2n) is 9.84. The zero-order chi connectivity index (χ0) is 21.8. The van der Waals surface area contributed by atoms with Crippen LogP contribution in [0.4, 0.5) is 5.69 Å². The molecule has 6 atom stereocenters. The van der Waals surface area contributed by atoms with Crippen LogP contribution in [0.15, 0.2) is 42.5 Å². The standard InChI is InChI=1S/C27H32N2O3/c1-2-32-15-16-8-9-22-19(12-16)24-21-14-28-27(31)25(21)23-18-7-4-3-6-17(18)13-20(23)26(24)29(22)10-5-11-30/h3-4,6-9,12,20-21,23-26,30H,2,5,10-11,13-15H2,1H3,(H,28,31). The monoisotopic (exact) mass is 432 g/mol. The van der Waals surface area contributed by atoms with Gasteiger partial charge in [0.2, 0.25) is 5.91 Å². The number of fused-ring (bicyclic) bond motifs is 10. The van der Waals surface area contributed by atoms with Crippen LogP contribution in [-0.4, -0.2) is 43.4 Å². The predicted octanol–water partition coefficient (Wildman–Crippen LogP) is 3.21. The van der Waals surface area contributed by atoms with Crippen molar-refractivity contribution in [3.8, 4) is 0 Å². The Labute approximate surface area is 189 Å². The fraction of sp³-hybridized carbons (Fsp3) is 0.519. The van der Waals surface area contributed by atoms with E-state index in [4.69, 9.17) is 4.74 Å². The first-order valence-corrected chi connectivity index (χ1v) is 12.2. The molecule has 2 fully saturated rings. The van der Waals surface area contributed by atoms with E-state index in [1.807, 2.05) is 6.92 Å². The number of anilines is 1. The molecule has 2 aromatic carbocycles. The van der Waals surface area contributed by atoms with Crippen molar-refractivity contribution >= 4 is 11.6 Å². The van der Waals surface area contributed by atoms with Crippen molar-refractivity contribution in [2.75, 3.05) is 31.2 Å². The number of benzene rings is 2. The Balaban J connectivity index is 1.47. The van der Waals surface area contributed by atoms with Crippen molar-refractivity contribution in [1.82, 2.24) is 5.32 Å². The topological polar surface area (TPSA) is 61.8 Å². The number of carbonyl (C=O) groups excluding carboxylic acids is 1. The molecule has 2 aromatic rings. The fourth-order valence-corrected chi connectivity index (χ4v) is 7.36. The number of rotatable bonds is 6. The van der Waals surface area contributed by atoms with Crippen LogP contribution in [0.1, 0.15) is 47.4 Å². The maximum atomic E-state index is 13.1. The van der Waals surface area contributed by atoms with E-state index in [2.05, 4.69) is 52.7 Å². The van der Waals surface area contributed by atoms with Crippen LogP contribution < -0.4 is 10.2 Å². The fourth-order valence-electron chi connectivity index (χ4n) is 7.36. The van der Waals surface area contributed by atoms with Gasteiger partial charge < -0.3 is 20.1 Å². The molecular formula is C27H32N2O3. The van der Waals surface area contributed by atoms with Gasteiger partial charge in [0.05, 0.1) is 12.5 Å². The summed E-state index contributed by atoms with van der Waals surface area (Å²) in [5.41, 5.74) is 6.68. The summed E-state index contributed by atoms with van der Waals surface area (Å²) in [4.78, 5) is 15.7. The quantitative estimate of drug-likeness (QED) is 0.736. The van der Waals surface area contributed by atoms with E-state index in [9.17, 15) is 9.90 Å². The molecule has 1 amide bonds. The van der Waals surface area contributed by atoms with E-state index in [1.165, 1.54) is 27.9 Å². The molecule has 6 unspecified atom stereocenters. The highest BCUT2D eigenvalue weighted by Crippen LogP contribution is 2.62. The van der Waals surface area contributed by atoms with Gasteiger partial charge in [-0.1, -0.05) is 36.4 Å². The molecule has 5 nitrogen and oxygen atoms in total. The minimum Gasteiger partial charge on any atom is -0.396 e. The number of amides is 1. The summed E-state index contributed by atoms with van der Waals surface area (Å²) in [7, 11) is 0. The lowest BCUT2D eigenvalue weighted by atomic mass is 9.60. The van der Waals surface area contributed by atoms with Crippen LogP contribution in [0.25, 0.3) is 0 Å². The highest BCUT2D eigenvalue weighted by molar-refractivity contribution is 5.84. The number of ether oxygens (including phenoxy) is 1. The molecular weight excluding hydrogens is 400 g/mol. The second-order valence-corrected chi connectivity index (χ2v) is 9.84. The van der Waals surface area contributed by atoms with Gasteiger partial charge in [-0.3, -0.25) is 4.79 Å². The maximum Gasteiger partial charge on any atom is 0.224 e. The largest absolute Gasteiger partial charge is 0.396 e. The van der Waals surface area contributed by atoms with E-state index in [1.54, 1.807) is 0 Å². The number of carbonyl (C=O) groups is 1. The first kappa shape index (κ1) is 20.3. The van der Waals surface area contributed by atoms with Crippen molar-refractivity contribution in [3.05, 3.63) is 64.7 Å². The Morgan fingerprint density at radius 1 is 1.09 bits per heavy atom. The highest BCUT2D eigenvalue weighted by atomic mass is 16.5. The molecule has 6 rings (SSSR count). The Morgan fingerprint density at radius 3 is 2.81 bits per heavy atom. The zero-order valence-electron chi connectivity index (χ0n) is 18.7. The van der Waals surface area contributed by atoms with Crippen LogP contribution in [0.2, 0.25) is 0 Å². The Bertz CT molecular complexity index is 1040. The SMILES string of the molecule is CCOCc1ccc2c(c1)C1C3CNC(=O)C3C3c4ccccc4CC3C1N2CCCO. The summed E-state index contributed by atoms with van der Waals surface area (Å²) in [6.45, 7) is 5.18. The van der Waals surface area contributed by atoms with Crippen LogP contribution >= 0.6 is 0 Å². The molecule has 168 valence electrons. The summed E-state index contributed by atoms with van der Waals surface area (Å²) in [6, 6.07) is 15.9. The first-order chi connectivity index (χ1) is 15.7. The molecule has 0 spiro atoms. The van der Waals surface area contributed by atoms with Gasteiger partial charge >= 0.3 is 0 Å². The predicted molar refractivity (Wildman–Crippen MR) is 124 cm³/mol. The van der Waals surface area contributed by atoms with Crippen LogP contribution in [0, 0.1) is 17.8 Å². The van der Waals surface area contributed by atoms with Gasteiger partial charge in [0.25, 0.3) is 0 Å². The normalized spacial score (nSPS) is 31.6. The summed E-state index contributed by atoms with van der Waals surface area (Å²) in [5.74, 6) is 1.63.